The Hall–Kier alpha value is -1.42. The van der Waals surface area contributed by atoms with Gasteiger partial charge in [0.15, 0.2) is 0 Å². The molecule has 3 nitrogen and oxygen atoms in total. The van der Waals surface area contributed by atoms with E-state index < -0.39 is 5.97 Å². The van der Waals surface area contributed by atoms with E-state index in [0.29, 0.717) is 12.5 Å². The first-order chi connectivity index (χ1) is 8.54. The summed E-state index contributed by atoms with van der Waals surface area (Å²) in [5, 5.41) is 8.90. The topological polar surface area (TPSA) is 40.5 Å². The molecule has 1 aromatic rings. The molecule has 0 aliphatic heterocycles. The van der Waals surface area contributed by atoms with Gasteiger partial charge in [-0.25, -0.2) is 4.39 Å². The average molecular weight is 251 g/mol. The number of benzene rings is 1. The van der Waals surface area contributed by atoms with Crippen molar-refractivity contribution in [1.82, 2.24) is 4.90 Å². The van der Waals surface area contributed by atoms with Crippen LogP contribution in [0.1, 0.15) is 24.0 Å². The molecule has 18 heavy (non-hydrogen) atoms. The van der Waals surface area contributed by atoms with Gasteiger partial charge in [-0.05, 0) is 48.9 Å². The molecule has 0 spiro atoms. The van der Waals surface area contributed by atoms with Crippen LogP contribution in [0.4, 0.5) is 4.39 Å². The SMILES string of the molecule is Cc1ccc(F)cc1CN(CC(=O)O)CC1CC1. The number of carboxylic acids is 1. The minimum atomic E-state index is -0.829. The quantitative estimate of drug-likeness (QED) is 0.844. The first-order valence-corrected chi connectivity index (χ1v) is 6.24. The summed E-state index contributed by atoms with van der Waals surface area (Å²) in [5.74, 6) is -0.472. The van der Waals surface area contributed by atoms with E-state index in [2.05, 4.69) is 0 Å². The van der Waals surface area contributed by atoms with E-state index in [1.54, 1.807) is 6.07 Å². The highest BCUT2D eigenvalue weighted by Crippen LogP contribution is 2.30. The van der Waals surface area contributed by atoms with Crippen molar-refractivity contribution < 1.29 is 14.3 Å². The molecule has 1 aliphatic rings. The van der Waals surface area contributed by atoms with Gasteiger partial charge in [-0.2, -0.15) is 0 Å². The molecule has 0 unspecified atom stereocenters. The van der Waals surface area contributed by atoms with Crippen LogP contribution in [0.15, 0.2) is 18.2 Å². The van der Waals surface area contributed by atoms with Crippen molar-refractivity contribution in [2.45, 2.75) is 26.3 Å². The predicted octanol–water partition coefficient (Wildman–Crippen LogP) is 2.43. The molecule has 2 rings (SSSR count). The normalized spacial score (nSPS) is 15.1. The molecule has 0 saturated heterocycles. The van der Waals surface area contributed by atoms with Crippen LogP contribution in [-0.2, 0) is 11.3 Å². The summed E-state index contributed by atoms with van der Waals surface area (Å²) in [4.78, 5) is 12.7. The van der Waals surface area contributed by atoms with Gasteiger partial charge >= 0.3 is 5.97 Å². The number of aliphatic carboxylic acids is 1. The second-order valence-corrected chi connectivity index (χ2v) is 5.08. The Morgan fingerprint density at radius 2 is 2.22 bits per heavy atom. The molecular weight excluding hydrogens is 233 g/mol. The third-order valence-electron chi connectivity index (χ3n) is 3.28. The number of carboxylic acid groups (broad SMARTS) is 1. The molecule has 1 fully saturated rings. The van der Waals surface area contributed by atoms with E-state index in [9.17, 15) is 9.18 Å². The minimum Gasteiger partial charge on any atom is -0.480 e. The molecule has 0 bridgehead atoms. The molecule has 1 saturated carbocycles. The predicted molar refractivity (Wildman–Crippen MR) is 66.8 cm³/mol. The molecule has 1 N–H and O–H groups in total. The summed E-state index contributed by atoms with van der Waals surface area (Å²) in [6.45, 7) is 3.24. The lowest BCUT2D eigenvalue weighted by Crippen LogP contribution is -2.31. The van der Waals surface area contributed by atoms with Crippen molar-refractivity contribution in [2.24, 2.45) is 5.92 Å². The third-order valence-corrected chi connectivity index (χ3v) is 3.28. The molecule has 0 amide bonds. The fourth-order valence-corrected chi connectivity index (χ4v) is 2.09. The van der Waals surface area contributed by atoms with Gasteiger partial charge in [0, 0.05) is 13.1 Å². The summed E-state index contributed by atoms with van der Waals surface area (Å²) in [6, 6.07) is 4.67. The summed E-state index contributed by atoms with van der Waals surface area (Å²) < 4.78 is 13.2. The van der Waals surface area contributed by atoms with Crippen LogP contribution in [0.25, 0.3) is 0 Å². The van der Waals surface area contributed by atoms with Gasteiger partial charge in [0.05, 0.1) is 6.54 Å². The van der Waals surface area contributed by atoms with Gasteiger partial charge in [0.25, 0.3) is 0 Å². The number of carbonyl (C=O) groups is 1. The Morgan fingerprint density at radius 1 is 1.50 bits per heavy atom. The lowest BCUT2D eigenvalue weighted by atomic mass is 10.1. The maximum Gasteiger partial charge on any atom is 0.317 e. The highest BCUT2D eigenvalue weighted by atomic mass is 19.1. The number of rotatable bonds is 6. The highest BCUT2D eigenvalue weighted by molar-refractivity contribution is 5.69. The number of halogens is 1. The first kappa shape index (κ1) is 13.0. The zero-order valence-corrected chi connectivity index (χ0v) is 10.5. The van der Waals surface area contributed by atoms with Crippen molar-refractivity contribution in [3.63, 3.8) is 0 Å². The Balaban J connectivity index is 2.05. The van der Waals surface area contributed by atoms with Gasteiger partial charge in [-0.3, -0.25) is 9.69 Å². The van der Waals surface area contributed by atoms with Crippen LogP contribution in [0, 0.1) is 18.7 Å². The van der Waals surface area contributed by atoms with Crippen molar-refractivity contribution in [3.8, 4) is 0 Å². The van der Waals surface area contributed by atoms with E-state index in [1.807, 2.05) is 11.8 Å². The molecule has 98 valence electrons. The Bertz CT molecular complexity index is 443. The summed E-state index contributed by atoms with van der Waals surface area (Å²) >= 11 is 0. The van der Waals surface area contributed by atoms with Gasteiger partial charge in [0.2, 0.25) is 0 Å². The minimum absolute atomic E-state index is 0.0203. The van der Waals surface area contributed by atoms with Gasteiger partial charge < -0.3 is 5.11 Å². The fraction of sp³-hybridized carbons (Fsp3) is 0.500. The standard InChI is InChI=1S/C14H18FNO2/c1-10-2-5-13(15)6-12(10)8-16(9-14(17)18)7-11-3-4-11/h2,5-6,11H,3-4,7-9H2,1H3,(H,17,18). The average Bonchev–Trinajstić information content (AvgIpc) is 3.06. The maximum absolute atomic E-state index is 13.2. The Kier molecular flexibility index (Phi) is 3.97. The van der Waals surface area contributed by atoms with Crippen molar-refractivity contribution in [1.29, 1.82) is 0 Å². The Morgan fingerprint density at radius 3 is 2.83 bits per heavy atom. The van der Waals surface area contributed by atoms with Crippen LogP contribution in [0.3, 0.4) is 0 Å². The van der Waals surface area contributed by atoms with Crippen molar-refractivity contribution >= 4 is 5.97 Å². The van der Waals surface area contributed by atoms with Gasteiger partial charge in [-0.1, -0.05) is 6.07 Å². The second-order valence-electron chi connectivity index (χ2n) is 5.08. The monoisotopic (exact) mass is 251 g/mol. The Labute approximate surface area is 106 Å². The van der Waals surface area contributed by atoms with Crippen LogP contribution >= 0.6 is 0 Å². The first-order valence-electron chi connectivity index (χ1n) is 6.24. The number of hydrogen-bond acceptors (Lipinski definition) is 2. The summed E-state index contributed by atoms with van der Waals surface area (Å²) in [6.07, 6.45) is 2.36. The van der Waals surface area contributed by atoms with Crippen LogP contribution < -0.4 is 0 Å². The fourth-order valence-electron chi connectivity index (χ4n) is 2.09. The van der Waals surface area contributed by atoms with E-state index in [-0.39, 0.29) is 12.4 Å². The molecular formula is C14H18FNO2. The molecule has 0 heterocycles. The van der Waals surface area contributed by atoms with E-state index in [0.717, 1.165) is 17.7 Å². The van der Waals surface area contributed by atoms with Crippen molar-refractivity contribution in [2.75, 3.05) is 13.1 Å². The van der Waals surface area contributed by atoms with Gasteiger partial charge in [-0.15, -0.1) is 0 Å². The smallest absolute Gasteiger partial charge is 0.317 e. The summed E-state index contributed by atoms with van der Waals surface area (Å²) in [7, 11) is 0. The summed E-state index contributed by atoms with van der Waals surface area (Å²) in [5.41, 5.74) is 1.87. The van der Waals surface area contributed by atoms with Crippen molar-refractivity contribution in [3.05, 3.63) is 35.1 Å². The largest absolute Gasteiger partial charge is 0.480 e. The maximum atomic E-state index is 13.2. The lowest BCUT2D eigenvalue weighted by molar-refractivity contribution is -0.138. The van der Waals surface area contributed by atoms with Gasteiger partial charge in [0.1, 0.15) is 5.82 Å². The third kappa shape index (κ3) is 3.81. The van der Waals surface area contributed by atoms with E-state index in [1.165, 1.54) is 25.0 Å². The van der Waals surface area contributed by atoms with E-state index >= 15 is 0 Å². The highest BCUT2D eigenvalue weighted by Gasteiger charge is 2.25. The number of nitrogens with zero attached hydrogens (tertiary/aromatic N) is 1. The van der Waals surface area contributed by atoms with Crippen LogP contribution in [0.5, 0.6) is 0 Å². The van der Waals surface area contributed by atoms with Crippen LogP contribution in [-0.4, -0.2) is 29.1 Å². The number of aryl methyl sites for hydroxylation is 1. The molecule has 0 radical (unpaired) electrons. The molecule has 1 aliphatic carbocycles. The number of hydrogen-bond donors (Lipinski definition) is 1. The zero-order chi connectivity index (χ0) is 13.1. The molecule has 0 atom stereocenters. The van der Waals surface area contributed by atoms with E-state index in [4.69, 9.17) is 5.11 Å². The molecule has 4 heteroatoms. The lowest BCUT2D eigenvalue weighted by Gasteiger charge is -2.21. The molecule has 1 aromatic carbocycles. The van der Waals surface area contributed by atoms with Crippen LogP contribution in [0.2, 0.25) is 0 Å². The second kappa shape index (κ2) is 5.48. The molecule has 0 aromatic heterocycles. The zero-order valence-electron chi connectivity index (χ0n) is 10.5.